The van der Waals surface area contributed by atoms with Crippen molar-refractivity contribution in [2.75, 3.05) is 19.0 Å². The summed E-state index contributed by atoms with van der Waals surface area (Å²) in [6, 6.07) is 62.3. The van der Waals surface area contributed by atoms with E-state index in [2.05, 4.69) is 180 Å². The lowest BCUT2D eigenvalue weighted by Crippen LogP contribution is -2.16. The van der Waals surface area contributed by atoms with Gasteiger partial charge in [0.05, 0.1) is 50.5 Å². The molecule has 0 fully saturated rings. The van der Waals surface area contributed by atoms with Crippen molar-refractivity contribution in [1.29, 1.82) is 0 Å². The van der Waals surface area contributed by atoms with Gasteiger partial charge in [-0.15, -0.1) is 0 Å². The van der Waals surface area contributed by atoms with Crippen molar-refractivity contribution in [3.63, 3.8) is 0 Å². The average molecular weight is 682 g/mol. The van der Waals surface area contributed by atoms with E-state index in [0.717, 1.165) is 67.2 Å². The molecule has 0 bridgehead atoms. The molecule has 0 N–H and O–H groups in total. The van der Waals surface area contributed by atoms with Crippen LogP contribution in [0.4, 0.5) is 5.69 Å². The Labute approximate surface area is 307 Å². The minimum absolute atomic E-state index is 0.690. The van der Waals surface area contributed by atoms with Gasteiger partial charge in [-0.3, -0.25) is 0 Å². The molecule has 0 aliphatic rings. The van der Waals surface area contributed by atoms with Gasteiger partial charge in [0.2, 0.25) is 0 Å². The molecule has 0 saturated carbocycles. The number of para-hydroxylation sites is 4. The predicted octanol–water partition coefficient (Wildman–Crippen LogP) is 11.7. The number of aromatic nitrogens is 4. The molecule has 0 amide bonds. The van der Waals surface area contributed by atoms with E-state index in [4.69, 9.17) is 9.97 Å². The summed E-state index contributed by atoms with van der Waals surface area (Å²) >= 11 is 0. The van der Waals surface area contributed by atoms with Gasteiger partial charge in [0, 0.05) is 52.3 Å². The molecule has 3 heterocycles. The number of fused-ring (bicyclic) bond motifs is 6. The summed E-state index contributed by atoms with van der Waals surface area (Å²) in [6.45, 7) is 0. The first-order valence-corrected chi connectivity index (χ1v) is 18.0. The van der Waals surface area contributed by atoms with E-state index < -0.39 is 0 Å². The Hall–Kier alpha value is -6.98. The highest BCUT2D eigenvalue weighted by molar-refractivity contribution is 6.12. The molecule has 0 aliphatic heterocycles. The van der Waals surface area contributed by atoms with Gasteiger partial charge in [0.25, 0.3) is 0 Å². The summed E-state index contributed by atoms with van der Waals surface area (Å²) in [6.07, 6.45) is 0. The highest BCUT2D eigenvalue weighted by Crippen LogP contribution is 2.43. The summed E-state index contributed by atoms with van der Waals surface area (Å²) in [5, 5.41) is 4.88. The number of nitrogens with zero attached hydrogens (tertiary/aromatic N) is 5. The highest BCUT2D eigenvalue weighted by atomic mass is 15.1. The van der Waals surface area contributed by atoms with Gasteiger partial charge in [-0.1, -0.05) is 133 Å². The van der Waals surface area contributed by atoms with E-state index in [1.807, 2.05) is 24.3 Å². The zero-order valence-corrected chi connectivity index (χ0v) is 29.5. The Morgan fingerprint density at radius 2 is 0.736 bits per heavy atom. The summed E-state index contributed by atoms with van der Waals surface area (Å²) in [4.78, 5) is 12.7. The Balaban J connectivity index is 1.37. The second-order valence-electron chi connectivity index (χ2n) is 13.7. The number of anilines is 1. The van der Waals surface area contributed by atoms with Crippen molar-refractivity contribution in [3.8, 4) is 45.3 Å². The molecule has 0 saturated heterocycles. The minimum atomic E-state index is 0.690. The summed E-state index contributed by atoms with van der Waals surface area (Å²) in [5.74, 6) is 0.690. The zero-order chi connectivity index (χ0) is 35.5. The van der Waals surface area contributed by atoms with Crippen LogP contribution < -0.4 is 4.90 Å². The Bertz CT molecular complexity index is 2670. The molecular formula is C48H35N5. The molecule has 0 aliphatic carbocycles. The van der Waals surface area contributed by atoms with Crippen LogP contribution in [-0.2, 0) is 0 Å². The average Bonchev–Trinajstić information content (AvgIpc) is 3.74. The van der Waals surface area contributed by atoms with Gasteiger partial charge in [0.1, 0.15) is 0 Å². The van der Waals surface area contributed by atoms with Gasteiger partial charge in [-0.25, -0.2) is 9.97 Å². The van der Waals surface area contributed by atoms with Gasteiger partial charge in [-0.2, -0.15) is 0 Å². The van der Waals surface area contributed by atoms with Crippen LogP contribution in [0.25, 0.3) is 88.9 Å². The van der Waals surface area contributed by atoms with E-state index >= 15 is 0 Å². The van der Waals surface area contributed by atoms with Crippen molar-refractivity contribution < 1.29 is 0 Å². The van der Waals surface area contributed by atoms with Crippen LogP contribution in [0.2, 0.25) is 0 Å². The van der Waals surface area contributed by atoms with Gasteiger partial charge >= 0.3 is 0 Å². The number of rotatable bonds is 6. The summed E-state index contributed by atoms with van der Waals surface area (Å²) < 4.78 is 4.86. The van der Waals surface area contributed by atoms with Crippen molar-refractivity contribution >= 4 is 49.3 Å². The maximum atomic E-state index is 5.32. The second-order valence-corrected chi connectivity index (χ2v) is 13.7. The van der Waals surface area contributed by atoms with Gasteiger partial charge < -0.3 is 14.0 Å². The minimum Gasteiger partial charge on any atom is -0.374 e. The lowest BCUT2D eigenvalue weighted by Gasteiger charge is -2.26. The molecule has 5 heteroatoms. The van der Waals surface area contributed by atoms with E-state index in [0.29, 0.717) is 5.82 Å². The van der Waals surface area contributed by atoms with Crippen LogP contribution in [0.5, 0.6) is 0 Å². The zero-order valence-electron chi connectivity index (χ0n) is 29.5. The van der Waals surface area contributed by atoms with Crippen LogP contribution >= 0.6 is 0 Å². The van der Waals surface area contributed by atoms with Crippen molar-refractivity contribution in [2.45, 2.75) is 0 Å². The molecule has 7 aromatic carbocycles. The fourth-order valence-corrected chi connectivity index (χ4v) is 7.98. The standard InChI is InChI=1S/C48H35N5/c1-51(2)47-45(52-41-25-13-9-21-35(41)36-22-10-14-26-42(36)52)29-34(30-46(47)53-43-27-15-11-23-37(43)38-24-12-16-28-44(38)53)40-31-39(32-17-5-3-6-18-32)49-48(50-40)33-19-7-4-8-20-33/h3-31H,1-2H3. The predicted molar refractivity (Wildman–Crippen MR) is 221 cm³/mol. The van der Waals surface area contributed by atoms with Crippen molar-refractivity contribution in [1.82, 2.24) is 19.1 Å². The van der Waals surface area contributed by atoms with Crippen molar-refractivity contribution in [3.05, 3.63) is 176 Å². The molecule has 0 unspecified atom stereocenters. The Morgan fingerprint density at radius 1 is 0.377 bits per heavy atom. The first kappa shape index (κ1) is 30.8. The van der Waals surface area contributed by atoms with E-state index in [1.165, 1.54) is 21.5 Å². The molecule has 10 aromatic rings. The molecule has 3 aromatic heterocycles. The number of benzene rings is 7. The monoisotopic (exact) mass is 681 g/mol. The second kappa shape index (κ2) is 12.4. The molecule has 252 valence electrons. The Kier molecular flexibility index (Phi) is 7.18. The van der Waals surface area contributed by atoms with Crippen molar-refractivity contribution in [2.24, 2.45) is 0 Å². The van der Waals surface area contributed by atoms with E-state index in [9.17, 15) is 0 Å². The number of hydrogen-bond donors (Lipinski definition) is 0. The third-order valence-corrected chi connectivity index (χ3v) is 10.3. The number of hydrogen-bond acceptors (Lipinski definition) is 3. The molecule has 5 nitrogen and oxygen atoms in total. The molecule has 0 atom stereocenters. The fraction of sp³-hybridized carbons (Fsp3) is 0.0417. The first-order valence-electron chi connectivity index (χ1n) is 18.0. The van der Waals surface area contributed by atoms with Crippen LogP contribution in [0.15, 0.2) is 176 Å². The molecule has 0 spiro atoms. The SMILES string of the molecule is CN(C)c1c(-n2c3ccccc3c3ccccc32)cc(-c2cc(-c3ccccc3)nc(-c3ccccc3)n2)cc1-n1c2ccccc2c2ccccc21. The van der Waals surface area contributed by atoms with Crippen LogP contribution in [-0.4, -0.2) is 33.2 Å². The molecular weight excluding hydrogens is 647 g/mol. The van der Waals surface area contributed by atoms with Crippen LogP contribution in [0.3, 0.4) is 0 Å². The smallest absolute Gasteiger partial charge is 0.160 e. The Morgan fingerprint density at radius 3 is 1.15 bits per heavy atom. The lowest BCUT2D eigenvalue weighted by molar-refractivity contribution is 1.05. The lowest BCUT2D eigenvalue weighted by atomic mass is 10.0. The topological polar surface area (TPSA) is 38.9 Å². The van der Waals surface area contributed by atoms with Gasteiger partial charge in [-0.05, 0) is 42.5 Å². The van der Waals surface area contributed by atoms with E-state index in [-0.39, 0.29) is 0 Å². The summed E-state index contributed by atoms with van der Waals surface area (Å²) in [7, 11) is 4.30. The largest absolute Gasteiger partial charge is 0.374 e. The normalized spacial score (nSPS) is 11.6. The molecule has 53 heavy (non-hydrogen) atoms. The third kappa shape index (κ3) is 5.01. The first-order chi connectivity index (χ1) is 26.1. The maximum absolute atomic E-state index is 5.32. The van der Waals surface area contributed by atoms with E-state index in [1.54, 1.807) is 0 Å². The van der Waals surface area contributed by atoms with Crippen LogP contribution in [0, 0.1) is 0 Å². The fourth-order valence-electron chi connectivity index (χ4n) is 7.98. The quantitative estimate of drug-likeness (QED) is 0.175. The maximum Gasteiger partial charge on any atom is 0.160 e. The third-order valence-electron chi connectivity index (χ3n) is 10.3. The molecule has 0 radical (unpaired) electrons. The summed E-state index contributed by atoms with van der Waals surface area (Å²) in [5.41, 5.74) is 12.6. The van der Waals surface area contributed by atoms with Crippen LogP contribution in [0.1, 0.15) is 0 Å². The molecule has 10 rings (SSSR count). The van der Waals surface area contributed by atoms with Gasteiger partial charge in [0.15, 0.2) is 5.82 Å². The highest BCUT2D eigenvalue weighted by Gasteiger charge is 2.24.